The second-order valence-corrected chi connectivity index (χ2v) is 8.73. The van der Waals surface area contributed by atoms with Gasteiger partial charge in [-0.05, 0) is 48.5 Å². The van der Waals surface area contributed by atoms with Gasteiger partial charge in [0.15, 0.2) is 0 Å². The zero-order valence-electron chi connectivity index (χ0n) is 15.5. The number of carbonyl (C=O) groups excluding carboxylic acids is 2. The van der Waals surface area contributed by atoms with Crippen LogP contribution in [-0.4, -0.2) is 46.0 Å². The van der Waals surface area contributed by atoms with Crippen LogP contribution < -0.4 is 9.62 Å². The van der Waals surface area contributed by atoms with Gasteiger partial charge in [-0.25, -0.2) is 13.2 Å². The molecule has 2 aromatic carbocycles. The maximum absolute atomic E-state index is 12.3. The second kappa shape index (κ2) is 9.70. The van der Waals surface area contributed by atoms with Gasteiger partial charge in [0.2, 0.25) is 15.9 Å². The number of benzene rings is 2. The molecule has 7 nitrogen and oxygen atoms in total. The number of sulfonamides is 1. The Balaban J connectivity index is 2.12. The van der Waals surface area contributed by atoms with E-state index in [1.54, 1.807) is 0 Å². The minimum atomic E-state index is -3.79. The average molecular weight is 444 g/mol. The summed E-state index contributed by atoms with van der Waals surface area (Å²) < 4.78 is 54.4. The molecule has 2 aromatic rings. The lowest BCUT2D eigenvalue weighted by atomic mass is 10.2. The monoisotopic (exact) mass is 444 g/mol. The number of nitrogens with one attached hydrogen (secondary N) is 1. The Bertz CT molecular complexity index is 965. The van der Waals surface area contributed by atoms with Crippen molar-refractivity contribution in [2.75, 3.05) is 29.5 Å². The summed E-state index contributed by atoms with van der Waals surface area (Å²) in [6.07, 6.45) is 0.949. The molecular weight excluding hydrogens is 426 g/mol. The third-order valence-electron chi connectivity index (χ3n) is 3.63. The first-order chi connectivity index (χ1) is 13.6. The zero-order chi connectivity index (χ0) is 21.6. The fourth-order valence-corrected chi connectivity index (χ4v) is 3.69. The number of ether oxygens (including phenoxy) is 1. The van der Waals surface area contributed by atoms with Crippen LogP contribution in [0.3, 0.4) is 0 Å². The first-order valence-electron chi connectivity index (χ1n) is 8.11. The lowest BCUT2D eigenvalue weighted by molar-refractivity contribution is -0.114. The van der Waals surface area contributed by atoms with Crippen molar-refractivity contribution in [2.24, 2.45) is 0 Å². The molecule has 1 amide bonds. The molecule has 1 N–H and O–H groups in total. The Morgan fingerprint density at radius 3 is 2.17 bits per heavy atom. The van der Waals surface area contributed by atoms with Crippen molar-refractivity contribution in [3.05, 3.63) is 54.1 Å². The predicted molar refractivity (Wildman–Crippen MR) is 107 cm³/mol. The zero-order valence-corrected chi connectivity index (χ0v) is 17.1. The molecule has 0 unspecified atom stereocenters. The number of carbonyl (C=O) groups is 2. The summed E-state index contributed by atoms with van der Waals surface area (Å²) in [5.41, 5.74) is 0.762. The highest BCUT2D eigenvalue weighted by molar-refractivity contribution is 7.99. The van der Waals surface area contributed by atoms with Crippen molar-refractivity contribution in [3.63, 3.8) is 0 Å². The van der Waals surface area contributed by atoms with Crippen LogP contribution in [0.4, 0.5) is 20.2 Å². The number of anilines is 2. The molecule has 0 bridgehead atoms. The highest BCUT2D eigenvalue weighted by atomic mass is 32.2. The van der Waals surface area contributed by atoms with E-state index in [4.69, 9.17) is 0 Å². The molecule has 0 radical (unpaired) electrons. The van der Waals surface area contributed by atoms with Crippen molar-refractivity contribution in [1.82, 2.24) is 0 Å². The van der Waals surface area contributed by atoms with Gasteiger partial charge >= 0.3 is 5.97 Å². The lowest BCUT2D eigenvalue weighted by Crippen LogP contribution is -2.37. The van der Waals surface area contributed by atoms with Crippen molar-refractivity contribution < 1.29 is 31.5 Å². The molecule has 0 aliphatic heterocycles. The Hall–Kier alpha value is -2.66. The van der Waals surface area contributed by atoms with Gasteiger partial charge in [-0.1, -0.05) is 11.8 Å². The molecule has 29 heavy (non-hydrogen) atoms. The smallest absolute Gasteiger partial charge is 0.337 e. The van der Waals surface area contributed by atoms with Crippen LogP contribution in [0.25, 0.3) is 0 Å². The number of thioether (sulfide) groups is 1. The molecule has 0 aliphatic carbocycles. The van der Waals surface area contributed by atoms with Gasteiger partial charge in [0.1, 0.15) is 6.54 Å². The number of nitrogens with zero attached hydrogens (tertiary/aromatic N) is 1. The summed E-state index contributed by atoms with van der Waals surface area (Å²) in [6, 6.07) is 11.3. The molecule has 156 valence electrons. The predicted octanol–water partition coefficient (Wildman–Crippen LogP) is 3.19. The summed E-state index contributed by atoms with van der Waals surface area (Å²) in [5.74, 6) is -3.75. The van der Waals surface area contributed by atoms with Gasteiger partial charge in [-0.15, -0.1) is 0 Å². The van der Waals surface area contributed by atoms with Gasteiger partial charge in [0, 0.05) is 10.6 Å². The molecular formula is C18H18F2N2O5S2. The highest BCUT2D eigenvalue weighted by Crippen LogP contribution is 2.26. The van der Waals surface area contributed by atoms with E-state index in [1.807, 2.05) is 0 Å². The van der Waals surface area contributed by atoms with Crippen molar-refractivity contribution >= 4 is 45.0 Å². The number of rotatable bonds is 8. The number of esters is 1. The van der Waals surface area contributed by atoms with Gasteiger partial charge in [0.05, 0.1) is 24.6 Å². The highest BCUT2D eigenvalue weighted by Gasteiger charge is 2.21. The Morgan fingerprint density at radius 1 is 1.10 bits per heavy atom. The number of hydrogen-bond donors (Lipinski definition) is 1. The topological polar surface area (TPSA) is 92.8 Å². The molecule has 0 saturated carbocycles. The van der Waals surface area contributed by atoms with Crippen LogP contribution in [0.1, 0.15) is 10.4 Å². The van der Waals surface area contributed by atoms with Gasteiger partial charge in [0.25, 0.3) is 5.76 Å². The Kier molecular flexibility index (Phi) is 7.57. The van der Waals surface area contributed by atoms with Crippen molar-refractivity contribution in [2.45, 2.75) is 10.7 Å². The van der Waals surface area contributed by atoms with Crippen LogP contribution in [0, 0.1) is 0 Å². The first-order valence-corrected chi connectivity index (χ1v) is 10.8. The summed E-state index contributed by atoms with van der Waals surface area (Å²) in [7, 11) is -2.57. The summed E-state index contributed by atoms with van der Waals surface area (Å²) in [5, 5.41) is 2.52. The lowest BCUT2D eigenvalue weighted by Gasteiger charge is -2.22. The number of amides is 1. The fraction of sp³-hybridized carbons (Fsp3) is 0.222. The minimum absolute atomic E-state index is 0.194. The SMILES string of the molecule is COC(=O)c1ccc(N(CC(=O)Nc2ccc(SC(F)F)cc2)S(C)(=O)=O)cc1. The molecule has 2 rings (SSSR count). The second-order valence-electron chi connectivity index (χ2n) is 5.76. The summed E-state index contributed by atoms with van der Waals surface area (Å²) >= 11 is 0.376. The van der Waals surface area contributed by atoms with E-state index < -0.39 is 34.2 Å². The van der Waals surface area contributed by atoms with Crippen LogP contribution in [0.15, 0.2) is 53.4 Å². The van der Waals surface area contributed by atoms with Crippen LogP contribution in [-0.2, 0) is 19.6 Å². The molecule has 0 atom stereocenters. The summed E-state index contributed by atoms with van der Waals surface area (Å²) in [6.45, 7) is -0.510. The van der Waals surface area contributed by atoms with E-state index in [9.17, 15) is 26.8 Å². The molecule has 0 heterocycles. The quantitative estimate of drug-likeness (QED) is 0.497. The Labute approximate surface area is 171 Å². The van der Waals surface area contributed by atoms with E-state index in [-0.39, 0.29) is 11.3 Å². The molecule has 0 aliphatic rings. The average Bonchev–Trinajstić information content (AvgIpc) is 2.66. The first kappa shape index (κ1) is 22.6. The van der Waals surface area contributed by atoms with E-state index in [0.29, 0.717) is 22.3 Å². The van der Waals surface area contributed by atoms with E-state index >= 15 is 0 Å². The minimum Gasteiger partial charge on any atom is -0.465 e. The third kappa shape index (κ3) is 6.71. The van der Waals surface area contributed by atoms with E-state index in [0.717, 1.165) is 10.6 Å². The van der Waals surface area contributed by atoms with Crippen molar-refractivity contribution in [1.29, 1.82) is 0 Å². The number of methoxy groups -OCH3 is 1. The number of hydrogen-bond acceptors (Lipinski definition) is 6. The maximum Gasteiger partial charge on any atom is 0.337 e. The van der Waals surface area contributed by atoms with E-state index in [1.165, 1.54) is 55.6 Å². The summed E-state index contributed by atoms with van der Waals surface area (Å²) in [4.78, 5) is 24.1. The standard InChI is InChI=1S/C18H18F2N2O5S2/c1-27-17(24)12-3-7-14(8-4-12)22(29(2,25)26)11-16(23)21-13-5-9-15(10-6-13)28-18(19)20/h3-10,18H,11H2,1-2H3,(H,21,23). The molecule has 0 saturated heterocycles. The van der Waals surface area contributed by atoms with E-state index in [2.05, 4.69) is 10.1 Å². The van der Waals surface area contributed by atoms with Crippen molar-refractivity contribution in [3.8, 4) is 0 Å². The largest absolute Gasteiger partial charge is 0.465 e. The van der Waals surface area contributed by atoms with Gasteiger partial charge in [-0.3, -0.25) is 9.10 Å². The normalized spacial score (nSPS) is 11.2. The molecule has 0 spiro atoms. The molecule has 11 heteroatoms. The maximum atomic E-state index is 12.3. The van der Waals surface area contributed by atoms with Gasteiger partial charge < -0.3 is 10.1 Å². The Morgan fingerprint density at radius 2 is 1.69 bits per heavy atom. The third-order valence-corrected chi connectivity index (χ3v) is 5.49. The fourth-order valence-electron chi connectivity index (χ4n) is 2.33. The van der Waals surface area contributed by atoms with Gasteiger partial charge in [-0.2, -0.15) is 8.78 Å². The number of alkyl halides is 2. The molecule has 0 fully saturated rings. The van der Waals surface area contributed by atoms with Crippen LogP contribution in [0.2, 0.25) is 0 Å². The van der Waals surface area contributed by atoms with Crippen LogP contribution in [0.5, 0.6) is 0 Å². The molecule has 0 aromatic heterocycles. The van der Waals surface area contributed by atoms with Crippen LogP contribution >= 0.6 is 11.8 Å². The number of halogens is 2.